The first kappa shape index (κ1) is 25.7. The number of fused-ring (bicyclic) bond motifs is 1. The van der Waals surface area contributed by atoms with Crippen molar-refractivity contribution in [1.29, 1.82) is 0 Å². The SMILES string of the molecule is Cc1ccc(C2=NN(C(=O)CCc3ccc4c(c3)OCO4)[C@](O)(C(F)(F)C(F)(F)C(F)(F)F)C2)cc1. The van der Waals surface area contributed by atoms with Gasteiger partial charge in [-0.2, -0.15) is 40.8 Å². The van der Waals surface area contributed by atoms with Crippen LogP contribution in [-0.2, 0) is 11.2 Å². The van der Waals surface area contributed by atoms with Gasteiger partial charge in [-0.25, -0.2) is 0 Å². The fourth-order valence-electron chi connectivity index (χ4n) is 3.84. The number of amides is 1. The average Bonchev–Trinajstić information content (AvgIpc) is 3.42. The van der Waals surface area contributed by atoms with Crippen molar-refractivity contribution in [1.82, 2.24) is 5.01 Å². The molecule has 0 spiro atoms. The van der Waals surface area contributed by atoms with Gasteiger partial charge < -0.3 is 14.6 Å². The van der Waals surface area contributed by atoms with Crippen LogP contribution in [0.25, 0.3) is 0 Å². The summed E-state index contributed by atoms with van der Waals surface area (Å²) in [4.78, 5) is 12.9. The van der Waals surface area contributed by atoms with Crippen LogP contribution in [0.1, 0.15) is 29.5 Å². The summed E-state index contributed by atoms with van der Waals surface area (Å²) in [6, 6.07) is 10.3. The molecule has 1 atom stereocenters. The molecule has 0 radical (unpaired) electrons. The monoisotopic (exact) mass is 520 g/mol. The van der Waals surface area contributed by atoms with Gasteiger partial charge in [0.2, 0.25) is 18.4 Å². The molecule has 2 aliphatic heterocycles. The number of benzene rings is 2. The van der Waals surface area contributed by atoms with Gasteiger partial charge in [-0.1, -0.05) is 35.9 Å². The third-order valence-electron chi connectivity index (χ3n) is 5.92. The summed E-state index contributed by atoms with van der Waals surface area (Å²) in [6.45, 7) is 1.66. The maximum Gasteiger partial charge on any atom is 0.460 e. The molecular weight excluding hydrogens is 501 g/mol. The van der Waals surface area contributed by atoms with Crippen molar-refractivity contribution in [3.63, 3.8) is 0 Å². The Balaban J connectivity index is 1.66. The normalized spacial score (nSPS) is 20.0. The van der Waals surface area contributed by atoms with E-state index in [1.54, 1.807) is 6.92 Å². The highest BCUT2D eigenvalue weighted by Gasteiger charge is 2.82. The van der Waals surface area contributed by atoms with Gasteiger partial charge in [0.05, 0.1) is 5.71 Å². The lowest BCUT2D eigenvalue weighted by molar-refractivity contribution is -0.401. The van der Waals surface area contributed by atoms with Crippen molar-refractivity contribution in [2.45, 2.75) is 49.9 Å². The Kier molecular flexibility index (Phi) is 6.18. The first-order valence-corrected chi connectivity index (χ1v) is 10.6. The lowest BCUT2D eigenvalue weighted by Crippen LogP contribution is -2.69. The lowest BCUT2D eigenvalue weighted by Gasteiger charge is -2.41. The molecule has 0 saturated heterocycles. The number of aryl methyl sites for hydroxylation is 2. The number of ether oxygens (including phenoxy) is 2. The molecule has 0 unspecified atom stereocenters. The first-order valence-electron chi connectivity index (χ1n) is 10.6. The molecule has 0 fully saturated rings. The molecule has 0 saturated carbocycles. The molecule has 2 heterocycles. The van der Waals surface area contributed by atoms with Crippen LogP contribution in [0.2, 0.25) is 0 Å². The van der Waals surface area contributed by atoms with Gasteiger partial charge in [0, 0.05) is 12.8 Å². The van der Waals surface area contributed by atoms with E-state index >= 15 is 0 Å². The quantitative estimate of drug-likeness (QED) is 0.555. The maximum absolute atomic E-state index is 14.8. The molecule has 2 aliphatic rings. The highest BCUT2D eigenvalue weighted by Crippen LogP contribution is 2.54. The van der Waals surface area contributed by atoms with E-state index in [-0.39, 0.29) is 23.8 Å². The van der Waals surface area contributed by atoms with E-state index in [1.165, 1.54) is 42.5 Å². The minimum Gasteiger partial charge on any atom is -0.454 e. The van der Waals surface area contributed by atoms with Gasteiger partial charge in [0.25, 0.3) is 0 Å². The van der Waals surface area contributed by atoms with Crippen molar-refractivity contribution in [2.75, 3.05) is 6.79 Å². The minimum atomic E-state index is -6.71. The van der Waals surface area contributed by atoms with Gasteiger partial charge in [-0.05, 0) is 36.6 Å². The van der Waals surface area contributed by atoms with Crippen LogP contribution in [0, 0.1) is 6.92 Å². The number of hydrogen-bond donors (Lipinski definition) is 1. The van der Waals surface area contributed by atoms with Gasteiger partial charge in [0.15, 0.2) is 11.5 Å². The number of hydrogen-bond acceptors (Lipinski definition) is 5. The maximum atomic E-state index is 14.8. The summed E-state index contributed by atoms with van der Waals surface area (Å²) in [5, 5.41) is 13.9. The molecule has 1 N–H and O–H groups in total. The van der Waals surface area contributed by atoms with Crippen LogP contribution in [0.15, 0.2) is 47.6 Å². The van der Waals surface area contributed by atoms with Crippen molar-refractivity contribution in [2.24, 2.45) is 5.10 Å². The second kappa shape index (κ2) is 8.64. The van der Waals surface area contributed by atoms with Gasteiger partial charge in [0.1, 0.15) is 0 Å². The Morgan fingerprint density at radius 3 is 2.31 bits per heavy atom. The number of nitrogens with zero attached hydrogens (tertiary/aromatic N) is 2. The first-order chi connectivity index (χ1) is 16.7. The number of carbonyl (C=O) groups excluding carboxylic acids is 1. The van der Waals surface area contributed by atoms with Crippen LogP contribution in [0.5, 0.6) is 11.5 Å². The zero-order chi connectivity index (χ0) is 26.5. The zero-order valence-corrected chi connectivity index (χ0v) is 18.6. The second-order valence-electron chi connectivity index (χ2n) is 8.45. The van der Waals surface area contributed by atoms with E-state index in [1.807, 2.05) is 0 Å². The van der Waals surface area contributed by atoms with Crippen LogP contribution < -0.4 is 9.47 Å². The highest BCUT2D eigenvalue weighted by molar-refractivity contribution is 6.03. The Bertz CT molecular complexity index is 1200. The number of alkyl halides is 7. The fourth-order valence-corrected chi connectivity index (χ4v) is 3.84. The molecular formula is C23H19F7N2O4. The van der Waals surface area contributed by atoms with Crippen molar-refractivity contribution >= 4 is 11.6 Å². The number of carbonyl (C=O) groups is 1. The number of aliphatic hydroxyl groups is 1. The molecule has 0 aliphatic carbocycles. The van der Waals surface area contributed by atoms with Crippen molar-refractivity contribution in [3.05, 3.63) is 59.2 Å². The van der Waals surface area contributed by atoms with Crippen molar-refractivity contribution < 1.29 is 50.1 Å². The number of hydrazone groups is 1. The summed E-state index contributed by atoms with van der Waals surface area (Å²) in [5.74, 6) is -13.4. The Morgan fingerprint density at radius 2 is 1.67 bits per heavy atom. The molecule has 2 aromatic carbocycles. The molecule has 2 aromatic rings. The summed E-state index contributed by atoms with van der Waals surface area (Å²) >= 11 is 0. The molecule has 13 heteroatoms. The third-order valence-corrected chi connectivity index (χ3v) is 5.92. The van der Waals surface area contributed by atoms with Crippen LogP contribution in [0.4, 0.5) is 30.7 Å². The Hall–Kier alpha value is -3.35. The van der Waals surface area contributed by atoms with Crippen LogP contribution in [0.3, 0.4) is 0 Å². The molecule has 0 aromatic heterocycles. The third kappa shape index (κ3) is 4.14. The topological polar surface area (TPSA) is 71.4 Å². The predicted molar refractivity (Wildman–Crippen MR) is 111 cm³/mol. The summed E-state index contributed by atoms with van der Waals surface area (Å²) in [5.41, 5.74) is -3.47. The van der Waals surface area contributed by atoms with Crippen LogP contribution in [-0.4, -0.2) is 52.3 Å². The summed E-state index contributed by atoms with van der Waals surface area (Å²) in [6.07, 6.45) is -8.94. The molecule has 4 rings (SSSR count). The van der Waals surface area contributed by atoms with E-state index in [2.05, 4.69) is 5.10 Å². The second-order valence-corrected chi connectivity index (χ2v) is 8.45. The van der Waals surface area contributed by atoms with E-state index in [4.69, 9.17) is 9.47 Å². The van der Waals surface area contributed by atoms with E-state index in [9.17, 15) is 40.6 Å². The van der Waals surface area contributed by atoms with Gasteiger partial charge in [-0.3, -0.25) is 4.79 Å². The molecule has 36 heavy (non-hydrogen) atoms. The molecule has 0 bridgehead atoms. The van der Waals surface area contributed by atoms with Crippen molar-refractivity contribution in [3.8, 4) is 11.5 Å². The predicted octanol–water partition coefficient (Wildman–Crippen LogP) is 4.81. The van der Waals surface area contributed by atoms with Crippen LogP contribution >= 0.6 is 0 Å². The van der Waals surface area contributed by atoms with Gasteiger partial charge in [-0.15, -0.1) is 0 Å². The van der Waals surface area contributed by atoms with E-state index in [0.29, 0.717) is 17.1 Å². The number of rotatable bonds is 6. The smallest absolute Gasteiger partial charge is 0.454 e. The Labute approximate surface area is 199 Å². The zero-order valence-electron chi connectivity index (χ0n) is 18.6. The minimum absolute atomic E-state index is 0.0302. The molecule has 1 amide bonds. The van der Waals surface area contributed by atoms with E-state index in [0.717, 1.165) is 5.56 Å². The lowest BCUT2D eigenvalue weighted by atomic mass is 9.91. The summed E-state index contributed by atoms with van der Waals surface area (Å²) < 4.78 is 107. The molecule has 6 nitrogen and oxygen atoms in total. The summed E-state index contributed by atoms with van der Waals surface area (Å²) in [7, 11) is 0. The largest absolute Gasteiger partial charge is 0.460 e. The number of halogens is 7. The standard InChI is InChI=1S/C23H19F7N2O4/c1-13-2-6-15(7-3-13)16-11-20(34,21(24,25)22(26,27)23(28,29)30)32(31-16)19(33)9-5-14-4-8-17-18(10-14)36-12-35-17/h2-4,6-8,10,34H,5,9,11-12H2,1H3/t20-/m1/s1. The Morgan fingerprint density at radius 1 is 1.03 bits per heavy atom. The van der Waals surface area contributed by atoms with E-state index < -0.39 is 48.2 Å². The fraction of sp³-hybridized carbons (Fsp3) is 0.391. The van der Waals surface area contributed by atoms with Gasteiger partial charge >= 0.3 is 18.0 Å². The average molecular weight is 520 g/mol. The molecule has 194 valence electrons. The highest BCUT2D eigenvalue weighted by atomic mass is 19.4.